The van der Waals surface area contributed by atoms with E-state index in [1.165, 1.54) is 10.4 Å². The van der Waals surface area contributed by atoms with Gasteiger partial charge >= 0.3 is 0 Å². The molecule has 1 heterocycles. The quantitative estimate of drug-likeness (QED) is 0.679. The van der Waals surface area contributed by atoms with Crippen LogP contribution in [0.2, 0.25) is 0 Å². The molecule has 0 aromatic carbocycles. The lowest BCUT2D eigenvalue weighted by molar-refractivity contribution is -0.122. The number of methoxy groups -OCH3 is 1. The van der Waals surface area contributed by atoms with Gasteiger partial charge in [-0.05, 0) is 37.4 Å². The summed E-state index contributed by atoms with van der Waals surface area (Å²) in [5.74, 6) is -0.00272. The van der Waals surface area contributed by atoms with Crippen molar-refractivity contribution in [3.63, 3.8) is 0 Å². The van der Waals surface area contributed by atoms with Crippen molar-refractivity contribution in [2.75, 3.05) is 33.9 Å². The summed E-state index contributed by atoms with van der Waals surface area (Å²) in [7, 11) is 3.57. The molecule has 0 aliphatic rings. The molecular weight excluding hydrogens is 286 g/mol. The Balaban J connectivity index is 2.71. The van der Waals surface area contributed by atoms with Gasteiger partial charge in [-0.15, -0.1) is 11.3 Å². The van der Waals surface area contributed by atoms with Gasteiger partial charge in [-0.25, -0.2) is 0 Å². The Bertz CT molecular complexity index is 436. The van der Waals surface area contributed by atoms with E-state index in [1.807, 2.05) is 11.9 Å². The monoisotopic (exact) mass is 313 g/mol. The number of hydrogen-bond acceptors (Lipinski definition) is 5. The molecule has 0 radical (unpaired) electrons. The zero-order valence-corrected chi connectivity index (χ0v) is 14.2. The maximum absolute atomic E-state index is 12.0. The SMILES string of the molecule is CCC(N)C(c1sccc1C)N(C)CC(=O)NCCOC. The van der Waals surface area contributed by atoms with Crippen LogP contribution < -0.4 is 11.1 Å². The lowest BCUT2D eigenvalue weighted by Crippen LogP contribution is -2.44. The van der Waals surface area contributed by atoms with Crippen LogP contribution in [0.3, 0.4) is 0 Å². The number of nitrogens with one attached hydrogen (secondary N) is 1. The Kier molecular flexibility index (Phi) is 7.88. The van der Waals surface area contributed by atoms with Gasteiger partial charge in [0.25, 0.3) is 0 Å². The fourth-order valence-corrected chi connectivity index (χ4v) is 3.47. The van der Waals surface area contributed by atoms with Gasteiger partial charge in [-0.2, -0.15) is 0 Å². The van der Waals surface area contributed by atoms with Crippen molar-refractivity contribution < 1.29 is 9.53 Å². The number of rotatable bonds is 9. The molecule has 2 atom stereocenters. The number of carbonyl (C=O) groups is 1. The summed E-state index contributed by atoms with van der Waals surface area (Å²) in [5.41, 5.74) is 7.53. The summed E-state index contributed by atoms with van der Waals surface area (Å²) < 4.78 is 4.93. The molecule has 0 aliphatic heterocycles. The van der Waals surface area contributed by atoms with Crippen LogP contribution in [0.5, 0.6) is 0 Å². The Morgan fingerprint density at radius 2 is 2.29 bits per heavy atom. The topological polar surface area (TPSA) is 67.6 Å². The number of likely N-dealkylation sites (N-methyl/N-ethyl adjacent to an activating group) is 1. The largest absolute Gasteiger partial charge is 0.383 e. The van der Waals surface area contributed by atoms with E-state index in [0.717, 1.165) is 6.42 Å². The molecule has 21 heavy (non-hydrogen) atoms. The first-order valence-corrected chi connectivity index (χ1v) is 8.14. The van der Waals surface area contributed by atoms with Gasteiger partial charge in [-0.3, -0.25) is 9.69 Å². The van der Waals surface area contributed by atoms with Crippen LogP contribution in [0, 0.1) is 6.92 Å². The van der Waals surface area contributed by atoms with Crippen molar-refractivity contribution in [3.05, 3.63) is 21.9 Å². The molecular formula is C15H27N3O2S. The fourth-order valence-electron chi connectivity index (χ4n) is 2.31. The predicted octanol–water partition coefficient (Wildman–Crippen LogP) is 1.53. The third-order valence-corrected chi connectivity index (χ3v) is 4.63. The second-order valence-electron chi connectivity index (χ2n) is 5.24. The van der Waals surface area contributed by atoms with Crippen molar-refractivity contribution >= 4 is 17.2 Å². The van der Waals surface area contributed by atoms with Crippen molar-refractivity contribution in [2.45, 2.75) is 32.4 Å². The third-order valence-electron chi connectivity index (χ3n) is 3.54. The van der Waals surface area contributed by atoms with Crippen LogP contribution in [-0.4, -0.2) is 50.7 Å². The highest BCUT2D eigenvalue weighted by molar-refractivity contribution is 7.10. The summed E-state index contributed by atoms with van der Waals surface area (Å²) in [6.07, 6.45) is 0.873. The molecule has 1 aromatic rings. The molecule has 0 fully saturated rings. The second-order valence-corrected chi connectivity index (χ2v) is 6.19. The molecule has 6 heteroatoms. The Morgan fingerprint density at radius 3 is 2.81 bits per heavy atom. The zero-order chi connectivity index (χ0) is 15.8. The minimum Gasteiger partial charge on any atom is -0.383 e. The summed E-state index contributed by atoms with van der Waals surface area (Å²) in [4.78, 5) is 15.2. The Morgan fingerprint density at radius 1 is 1.57 bits per heavy atom. The van der Waals surface area contributed by atoms with Crippen LogP contribution in [-0.2, 0) is 9.53 Å². The van der Waals surface area contributed by atoms with E-state index in [9.17, 15) is 4.79 Å². The highest BCUT2D eigenvalue weighted by Gasteiger charge is 2.26. The van der Waals surface area contributed by atoms with Crippen LogP contribution in [0.1, 0.15) is 29.8 Å². The number of nitrogens with zero attached hydrogens (tertiary/aromatic N) is 1. The van der Waals surface area contributed by atoms with E-state index in [4.69, 9.17) is 10.5 Å². The maximum Gasteiger partial charge on any atom is 0.234 e. The summed E-state index contributed by atoms with van der Waals surface area (Å²) in [6.45, 7) is 5.56. The van der Waals surface area contributed by atoms with Crippen LogP contribution in [0.25, 0.3) is 0 Å². The first-order valence-electron chi connectivity index (χ1n) is 7.26. The molecule has 0 saturated carbocycles. The number of amides is 1. The smallest absolute Gasteiger partial charge is 0.234 e. The van der Waals surface area contributed by atoms with Gasteiger partial charge in [0.1, 0.15) is 0 Å². The molecule has 0 spiro atoms. The molecule has 0 saturated heterocycles. The van der Waals surface area contributed by atoms with Crippen molar-refractivity contribution in [3.8, 4) is 0 Å². The van der Waals surface area contributed by atoms with E-state index in [-0.39, 0.29) is 18.0 Å². The molecule has 2 unspecified atom stereocenters. The lowest BCUT2D eigenvalue weighted by atomic mass is 10.0. The molecule has 1 aromatic heterocycles. The first kappa shape index (κ1) is 18.1. The van der Waals surface area contributed by atoms with E-state index in [1.54, 1.807) is 18.4 Å². The van der Waals surface area contributed by atoms with Crippen LogP contribution in [0.15, 0.2) is 11.4 Å². The van der Waals surface area contributed by atoms with Gasteiger partial charge in [0.2, 0.25) is 5.91 Å². The molecule has 0 aliphatic carbocycles. The summed E-state index contributed by atoms with van der Waals surface area (Å²) in [5, 5.41) is 4.92. The molecule has 120 valence electrons. The minimum atomic E-state index is -0.00272. The molecule has 1 amide bonds. The molecule has 3 N–H and O–H groups in total. The average molecular weight is 313 g/mol. The Hall–Kier alpha value is -0.950. The van der Waals surface area contributed by atoms with Gasteiger partial charge in [0.15, 0.2) is 0 Å². The Labute approximate surface area is 131 Å². The highest BCUT2D eigenvalue weighted by atomic mass is 32.1. The molecule has 1 rings (SSSR count). The zero-order valence-electron chi connectivity index (χ0n) is 13.4. The number of aryl methyl sites for hydroxylation is 1. The fraction of sp³-hybridized carbons (Fsp3) is 0.667. The molecule has 0 bridgehead atoms. The van der Waals surface area contributed by atoms with Crippen LogP contribution >= 0.6 is 11.3 Å². The lowest BCUT2D eigenvalue weighted by Gasteiger charge is -2.31. The van der Waals surface area contributed by atoms with E-state index < -0.39 is 0 Å². The van der Waals surface area contributed by atoms with Gasteiger partial charge < -0.3 is 15.8 Å². The number of nitrogens with two attached hydrogens (primary N) is 1. The van der Waals surface area contributed by atoms with Gasteiger partial charge in [0, 0.05) is 24.6 Å². The maximum atomic E-state index is 12.0. The normalized spacial score (nSPS) is 14.2. The summed E-state index contributed by atoms with van der Waals surface area (Å²) in [6, 6.07) is 2.18. The van der Waals surface area contributed by atoms with E-state index in [2.05, 4.69) is 30.6 Å². The average Bonchev–Trinajstić information content (AvgIpc) is 2.85. The number of hydrogen-bond donors (Lipinski definition) is 2. The number of carbonyl (C=O) groups excluding carboxylic acids is 1. The van der Waals surface area contributed by atoms with Crippen molar-refractivity contribution in [1.29, 1.82) is 0 Å². The summed E-state index contributed by atoms with van der Waals surface area (Å²) >= 11 is 1.70. The predicted molar refractivity (Wildman–Crippen MR) is 87.6 cm³/mol. The number of ether oxygens (including phenoxy) is 1. The highest BCUT2D eigenvalue weighted by Crippen LogP contribution is 2.30. The van der Waals surface area contributed by atoms with Gasteiger partial charge in [0.05, 0.1) is 19.2 Å². The number of thiophene rings is 1. The minimum absolute atomic E-state index is 0.00272. The third kappa shape index (κ3) is 5.39. The van der Waals surface area contributed by atoms with Crippen molar-refractivity contribution in [2.24, 2.45) is 5.73 Å². The van der Waals surface area contributed by atoms with Crippen LogP contribution in [0.4, 0.5) is 0 Å². The van der Waals surface area contributed by atoms with E-state index >= 15 is 0 Å². The standard InChI is InChI=1S/C15H27N3O2S/c1-5-12(16)14(15-11(2)6-9-21-15)18(3)10-13(19)17-7-8-20-4/h6,9,12,14H,5,7-8,10,16H2,1-4H3,(H,17,19). The molecule has 5 nitrogen and oxygen atoms in total. The van der Waals surface area contributed by atoms with E-state index in [0.29, 0.717) is 19.7 Å². The first-order chi connectivity index (χ1) is 10.0. The van der Waals surface area contributed by atoms with Gasteiger partial charge in [-0.1, -0.05) is 6.92 Å². The second kappa shape index (κ2) is 9.15. The van der Waals surface area contributed by atoms with Crippen molar-refractivity contribution in [1.82, 2.24) is 10.2 Å².